The van der Waals surface area contributed by atoms with E-state index >= 15 is 0 Å². The van der Waals surface area contributed by atoms with Gasteiger partial charge in [-0.1, -0.05) is 0 Å². The van der Waals surface area contributed by atoms with Gasteiger partial charge in [0.25, 0.3) is 5.95 Å². The van der Waals surface area contributed by atoms with Gasteiger partial charge in [0.15, 0.2) is 0 Å². The standard InChI is InChI=1S/C12H18N8O/c1-13-10-16-11(19-4-2-3-9(5-19)6-21)18-12(17-10)20-8-14-7-15-20/h7-9,21H,2-6H2,1H3,(H,13,16,17,18). The summed E-state index contributed by atoms with van der Waals surface area (Å²) in [5, 5.41) is 16.3. The van der Waals surface area contributed by atoms with Crippen LogP contribution in [-0.4, -0.2) is 61.6 Å². The average molecular weight is 290 g/mol. The van der Waals surface area contributed by atoms with Crippen molar-refractivity contribution in [2.45, 2.75) is 12.8 Å². The fourth-order valence-corrected chi connectivity index (χ4v) is 2.42. The number of aromatic nitrogens is 6. The highest BCUT2D eigenvalue weighted by molar-refractivity contribution is 5.40. The second kappa shape index (κ2) is 6.00. The molecule has 21 heavy (non-hydrogen) atoms. The SMILES string of the molecule is CNc1nc(N2CCCC(CO)C2)nc(-n2cncn2)n1. The normalized spacial score (nSPS) is 18.8. The van der Waals surface area contributed by atoms with Crippen LogP contribution in [0.3, 0.4) is 0 Å². The Balaban J connectivity index is 1.92. The molecule has 3 heterocycles. The van der Waals surface area contributed by atoms with E-state index in [0.717, 1.165) is 25.9 Å². The van der Waals surface area contributed by atoms with E-state index in [0.29, 0.717) is 17.8 Å². The van der Waals surface area contributed by atoms with E-state index in [9.17, 15) is 5.11 Å². The Labute approximate surface area is 122 Å². The highest BCUT2D eigenvalue weighted by atomic mass is 16.3. The maximum absolute atomic E-state index is 9.35. The van der Waals surface area contributed by atoms with Gasteiger partial charge in [0, 0.05) is 26.7 Å². The number of anilines is 2. The lowest BCUT2D eigenvalue weighted by Crippen LogP contribution is -2.38. The molecular weight excluding hydrogens is 272 g/mol. The highest BCUT2D eigenvalue weighted by Gasteiger charge is 2.22. The monoisotopic (exact) mass is 290 g/mol. The minimum Gasteiger partial charge on any atom is -0.396 e. The van der Waals surface area contributed by atoms with E-state index in [2.05, 4.69) is 35.3 Å². The molecule has 9 nitrogen and oxygen atoms in total. The number of hydrogen-bond acceptors (Lipinski definition) is 8. The van der Waals surface area contributed by atoms with Gasteiger partial charge in [-0.05, 0) is 18.8 Å². The second-order valence-electron chi connectivity index (χ2n) is 4.99. The van der Waals surface area contributed by atoms with Crippen molar-refractivity contribution in [1.82, 2.24) is 29.7 Å². The number of hydrogen-bond donors (Lipinski definition) is 2. The van der Waals surface area contributed by atoms with Crippen molar-refractivity contribution in [3.8, 4) is 5.95 Å². The van der Waals surface area contributed by atoms with Crippen molar-refractivity contribution >= 4 is 11.9 Å². The molecule has 1 aliphatic heterocycles. The molecule has 0 aliphatic carbocycles. The number of nitrogens with zero attached hydrogens (tertiary/aromatic N) is 7. The summed E-state index contributed by atoms with van der Waals surface area (Å²) >= 11 is 0. The van der Waals surface area contributed by atoms with Gasteiger partial charge in [0.2, 0.25) is 11.9 Å². The first-order valence-electron chi connectivity index (χ1n) is 6.95. The number of rotatable bonds is 4. The molecule has 0 saturated carbocycles. The zero-order valence-electron chi connectivity index (χ0n) is 11.8. The van der Waals surface area contributed by atoms with Crippen LogP contribution < -0.4 is 10.2 Å². The molecule has 0 radical (unpaired) electrons. The summed E-state index contributed by atoms with van der Waals surface area (Å²) in [4.78, 5) is 19.1. The third-order valence-electron chi connectivity index (χ3n) is 3.52. The molecule has 2 aromatic heterocycles. The fourth-order valence-electron chi connectivity index (χ4n) is 2.42. The van der Waals surface area contributed by atoms with Gasteiger partial charge in [-0.25, -0.2) is 4.98 Å². The van der Waals surface area contributed by atoms with E-state index < -0.39 is 0 Å². The van der Waals surface area contributed by atoms with Gasteiger partial charge in [0.1, 0.15) is 12.7 Å². The fraction of sp³-hybridized carbons (Fsp3) is 0.583. The lowest BCUT2D eigenvalue weighted by molar-refractivity contribution is 0.208. The summed E-state index contributed by atoms with van der Waals surface area (Å²) < 4.78 is 1.50. The molecule has 2 aromatic rings. The minimum absolute atomic E-state index is 0.191. The van der Waals surface area contributed by atoms with Crippen LogP contribution in [0.4, 0.5) is 11.9 Å². The number of piperidine rings is 1. The molecule has 1 unspecified atom stereocenters. The maximum Gasteiger partial charge on any atom is 0.258 e. The van der Waals surface area contributed by atoms with Crippen LogP contribution in [0.15, 0.2) is 12.7 Å². The van der Waals surface area contributed by atoms with Gasteiger partial charge in [-0.2, -0.15) is 24.7 Å². The highest BCUT2D eigenvalue weighted by Crippen LogP contribution is 2.21. The summed E-state index contributed by atoms with van der Waals surface area (Å²) in [6, 6.07) is 0. The predicted octanol–water partition coefficient (Wildman–Crippen LogP) is -0.297. The Kier molecular flexibility index (Phi) is 3.91. The molecule has 3 rings (SSSR count). The molecule has 0 amide bonds. The Bertz CT molecular complexity index is 587. The molecule has 0 spiro atoms. The summed E-state index contributed by atoms with van der Waals surface area (Å²) in [7, 11) is 1.76. The Morgan fingerprint density at radius 1 is 1.33 bits per heavy atom. The lowest BCUT2D eigenvalue weighted by atomic mass is 9.99. The van der Waals surface area contributed by atoms with Crippen molar-refractivity contribution in [1.29, 1.82) is 0 Å². The van der Waals surface area contributed by atoms with Crippen molar-refractivity contribution in [3.63, 3.8) is 0 Å². The second-order valence-corrected chi connectivity index (χ2v) is 4.99. The Morgan fingerprint density at radius 2 is 2.19 bits per heavy atom. The summed E-state index contributed by atoms with van der Waals surface area (Å²) in [6.45, 7) is 1.82. The zero-order chi connectivity index (χ0) is 14.7. The van der Waals surface area contributed by atoms with Crippen LogP contribution >= 0.6 is 0 Å². The van der Waals surface area contributed by atoms with Crippen LogP contribution in [0, 0.1) is 5.92 Å². The first-order chi connectivity index (χ1) is 10.3. The molecular formula is C12H18N8O. The lowest BCUT2D eigenvalue weighted by Gasteiger charge is -2.31. The smallest absolute Gasteiger partial charge is 0.258 e. The van der Waals surface area contributed by atoms with Crippen molar-refractivity contribution < 1.29 is 5.11 Å². The van der Waals surface area contributed by atoms with Crippen LogP contribution in [-0.2, 0) is 0 Å². The number of nitrogens with one attached hydrogen (secondary N) is 1. The topological polar surface area (TPSA) is 105 Å². The largest absolute Gasteiger partial charge is 0.396 e. The molecule has 1 fully saturated rings. The summed E-state index contributed by atoms with van der Waals surface area (Å²) in [5.74, 6) is 1.77. The summed E-state index contributed by atoms with van der Waals surface area (Å²) in [6.07, 6.45) is 5.04. The van der Waals surface area contributed by atoms with Crippen LogP contribution in [0.5, 0.6) is 0 Å². The van der Waals surface area contributed by atoms with E-state index in [4.69, 9.17) is 0 Å². The molecule has 0 aromatic carbocycles. The van der Waals surface area contributed by atoms with Crippen LogP contribution in [0.2, 0.25) is 0 Å². The Hall–Kier alpha value is -2.29. The van der Waals surface area contributed by atoms with Gasteiger partial charge in [-0.3, -0.25) is 0 Å². The van der Waals surface area contributed by atoms with E-state index in [1.54, 1.807) is 13.4 Å². The van der Waals surface area contributed by atoms with Crippen LogP contribution in [0.25, 0.3) is 5.95 Å². The average Bonchev–Trinajstić information content (AvgIpc) is 3.09. The van der Waals surface area contributed by atoms with Crippen molar-refractivity contribution in [2.24, 2.45) is 5.92 Å². The molecule has 1 saturated heterocycles. The maximum atomic E-state index is 9.35. The van der Waals surface area contributed by atoms with Gasteiger partial charge >= 0.3 is 0 Å². The van der Waals surface area contributed by atoms with Crippen molar-refractivity contribution in [2.75, 3.05) is 37.0 Å². The van der Waals surface area contributed by atoms with Gasteiger partial charge in [-0.15, -0.1) is 0 Å². The summed E-state index contributed by atoms with van der Waals surface area (Å²) in [5.41, 5.74) is 0. The molecule has 2 N–H and O–H groups in total. The molecule has 9 heteroatoms. The molecule has 112 valence electrons. The minimum atomic E-state index is 0.191. The zero-order valence-corrected chi connectivity index (χ0v) is 11.8. The number of aliphatic hydroxyl groups excluding tert-OH is 1. The predicted molar refractivity (Wildman–Crippen MR) is 76.3 cm³/mol. The van der Waals surface area contributed by atoms with Gasteiger partial charge in [0.05, 0.1) is 0 Å². The first kappa shape index (κ1) is 13.7. The number of aliphatic hydroxyl groups is 1. The third kappa shape index (κ3) is 2.92. The Morgan fingerprint density at radius 3 is 2.90 bits per heavy atom. The van der Waals surface area contributed by atoms with Crippen molar-refractivity contribution in [3.05, 3.63) is 12.7 Å². The van der Waals surface area contributed by atoms with E-state index in [-0.39, 0.29) is 12.5 Å². The first-order valence-corrected chi connectivity index (χ1v) is 6.95. The molecule has 1 aliphatic rings. The molecule has 1 atom stereocenters. The van der Waals surface area contributed by atoms with E-state index in [1.165, 1.54) is 11.0 Å². The van der Waals surface area contributed by atoms with Gasteiger partial charge < -0.3 is 15.3 Å². The molecule has 0 bridgehead atoms. The van der Waals surface area contributed by atoms with E-state index in [1.807, 2.05) is 0 Å². The third-order valence-corrected chi connectivity index (χ3v) is 3.52. The quantitative estimate of drug-likeness (QED) is 0.791. The van der Waals surface area contributed by atoms with Crippen LogP contribution in [0.1, 0.15) is 12.8 Å².